The molecule has 6 aromatic rings. The van der Waals surface area contributed by atoms with E-state index < -0.39 is 0 Å². The number of H-pyrrole nitrogens is 2. The lowest BCUT2D eigenvalue weighted by Gasteiger charge is -2.20. The van der Waals surface area contributed by atoms with Gasteiger partial charge in [0.15, 0.2) is 0 Å². The Hall–Kier alpha value is -4.72. The highest BCUT2D eigenvalue weighted by atomic mass is 16.3. The van der Waals surface area contributed by atoms with E-state index in [1.54, 1.807) is 31.1 Å². The highest BCUT2D eigenvalue weighted by Crippen LogP contribution is 2.35. The molecule has 0 unspecified atom stereocenters. The van der Waals surface area contributed by atoms with Crippen LogP contribution >= 0.6 is 0 Å². The molecule has 5 heterocycles. The fourth-order valence-corrected chi connectivity index (χ4v) is 5.49. The number of hydrogen-bond donors (Lipinski definition) is 3. The van der Waals surface area contributed by atoms with Crippen LogP contribution in [0.5, 0.6) is 0 Å². The van der Waals surface area contributed by atoms with Gasteiger partial charge in [0.25, 0.3) is 0 Å². The first-order valence-corrected chi connectivity index (χ1v) is 13.0. The first-order chi connectivity index (χ1) is 18.7. The van der Waals surface area contributed by atoms with Gasteiger partial charge in [0.2, 0.25) is 5.91 Å². The van der Waals surface area contributed by atoms with Gasteiger partial charge in [-0.2, -0.15) is 5.10 Å². The molecule has 1 amide bonds. The summed E-state index contributed by atoms with van der Waals surface area (Å²) in [7, 11) is 0. The SMILES string of the molecule is O=C(Nc1cncc(-c2cc3c(-c4cc5c(-c6ccoc6)cccc5[nH]4)n[nH]c3cn2)c1)C1CCCCC1. The zero-order valence-corrected chi connectivity index (χ0v) is 20.7. The quantitative estimate of drug-likeness (QED) is 0.236. The largest absolute Gasteiger partial charge is 0.472 e. The van der Waals surface area contributed by atoms with E-state index in [4.69, 9.17) is 4.42 Å². The monoisotopic (exact) mass is 502 g/mol. The molecular formula is C30H26N6O2. The van der Waals surface area contributed by atoms with E-state index in [0.717, 1.165) is 81.3 Å². The molecule has 1 aromatic carbocycles. The number of benzene rings is 1. The fraction of sp³-hybridized carbons (Fsp3) is 0.200. The van der Waals surface area contributed by atoms with Crippen molar-refractivity contribution in [2.75, 3.05) is 5.32 Å². The molecule has 1 saturated carbocycles. The minimum atomic E-state index is 0.0813. The molecule has 0 aliphatic heterocycles. The van der Waals surface area contributed by atoms with Crippen LogP contribution in [0.25, 0.3) is 55.6 Å². The Balaban J connectivity index is 1.23. The number of carbonyl (C=O) groups is 1. The molecule has 0 radical (unpaired) electrons. The molecule has 0 bridgehead atoms. The number of nitrogens with zero attached hydrogens (tertiary/aromatic N) is 3. The van der Waals surface area contributed by atoms with Crippen molar-refractivity contribution in [1.29, 1.82) is 0 Å². The van der Waals surface area contributed by atoms with E-state index in [2.05, 4.69) is 48.7 Å². The van der Waals surface area contributed by atoms with E-state index in [-0.39, 0.29) is 11.8 Å². The number of aromatic amines is 2. The molecule has 0 atom stereocenters. The first-order valence-electron chi connectivity index (χ1n) is 13.0. The smallest absolute Gasteiger partial charge is 0.227 e. The molecule has 8 heteroatoms. The van der Waals surface area contributed by atoms with Crippen LogP contribution in [-0.2, 0) is 4.79 Å². The lowest BCUT2D eigenvalue weighted by atomic mass is 9.88. The Morgan fingerprint density at radius 3 is 2.74 bits per heavy atom. The van der Waals surface area contributed by atoms with E-state index in [9.17, 15) is 4.79 Å². The van der Waals surface area contributed by atoms with Crippen LogP contribution in [0.4, 0.5) is 5.69 Å². The summed E-state index contributed by atoms with van der Waals surface area (Å²) >= 11 is 0. The van der Waals surface area contributed by atoms with Gasteiger partial charge < -0.3 is 14.7 Å². The number of nitrogens with one attached hydrogen (secondary N) is 3. The molecule has 3 N–H and O–H groups in total. The number of amides is 1. The van der Waals surface area contributed by atoms with Crippen LogP contribution in [0.2, 0.25) is 0 Å². The van der Waals surface area contributed by atoms with Gasteiger partial charge in [-0.1, -0.05) is 31.4 Å². The molecule has 8 nitrogen and oxygen atoms in total. The maximum Gasteiger partial charge on any atom is 0.227 e. The number of anilines is 1. The third-order valence-electron chi connectivity index (χ3n) is 7.48. The van der Waals surface area contributed by atoms with Gasteiger partial charge in [0.05, 0.1) is 47.5 Å². The van der Waals surface area contributed by atoms with E-state index in [1.807, 2.05) is 24.3 Å². The summed E-state index contributed by atoms with van der Waals surface area (Å²) in [6.45, 7) is 0. The lowest BCUT2D eigenvalue weighted by molar-refractivity contribution is -0.120. The van der Waals surface area contributed by atoms with Crippen LogP contribution in [0.1, 0.15) is 32.1 Å². The molecule has 1 aliphatic rings. The number of pyridine rings is 2. The lowest BCUT2D eigenvalue weighted by Crippen LogP contribution is -2.24. The van der Waals surface area contributed by atoms with Crippen molar-refractivity contribution < 1.29 is 9.21 Å². The number of fused-ring (bicyclic) bond motifs is 2. The van der Waals surface area contributed by atoms with Gasteiger partial charge in [-0.25, -0.2) is 0 Å². The van der Waals surface area contributed by atoms with E-state index in [0.29, 0.717) is 5.69 Å². The Morgan fingerprint density at radius 2 is 1.87 bits per heavy atom. The molecule has 0 saturated heterocycles. The third kappa shape index (κ3) is 4.04. The molecule has 0 spiro atoms. The van der Waals surface area contributed by atoms with Gasteiger partial charge >= 0.3 is 0 Å². The normalized spacial score (nSPS) is 14.3. The summed E-state index contributed by atoms with van der Waals surface area (Å²) in [5.74, 6) is 0.165. The predicted octanol–water partition coefficient (Wildman–Crippen LogP) is 6.95. The summed E-state index contributed by atoms with van der Waals surface area (Å²) in [6.07, 6.45) is 14.0. The fourth-order valence-electron chi connectivity index (χ4n) is 5.49. The van der Waals surface area contributed by atoms with Gasteiger partial charge in [-0.15, -0.1) is 0 Å². The second kappa shape index (κ2) is 9.30. The standard InChI is InChI=1S/C30H26N6O2/c37-30(18-5-2-1-3-6-18)33-21-11-20(14-31-15-21)26-13-24-28(16-32-26)35-36-29(24)27-12-23-22(19-9-10-38-17-19)7-4-8-25(23)34-27/h4,7-18,34H,1-3,5-6H2,(H,33,37)(H,35,36). The molecule has 38 heavy (non-hydrogen) atoms. The van der Waals surface area contributed by atoms with Gasteiger partial charge in [-0.3, -0.25) is 19.9 Å². The Bertz CT molecular complexity index is 1760. The number of rotatable bonds is 5. The predicted molar refractivity (Wildman–Crippen MR) is 147 cm³/mol. The minimum absolute atomic E-state index is 0.0813. The molecule has 1 aliphatic carbocycles. The average molecular weight is 503 g/mol. The summed E-state index contributed by atoms with van der Waals surface area (Å²) in [5, 5.41) is 12.8. The summed E-state index contributed by atoms with van der Waals surface area (Å²) in [4.78, 5) is 25.3. The number of aromatic nitrogens is 5. The zero-order valence-electron chi connectivity index (χ0n) is 20.7. The highest BCUT2D eigenvalue weighted by molar-refractivity contribution is 6.01. The first kappa shape index (κ1) is 22.5. The molecule has 1 fully saturated rings. The van der Waals surface area contributed by atoms with Gasteiger partial charge in [0, 0.05) is 39.5 Å². The van der Waals surface area contributed by atoms with Crippen LogP contribution in [0.3, 0.4) is 0 Å². The number of furan rings is 1. The molecule has 188 valence electrons. The van der Waals surface area contributed by atoms with Crippen molar-refractivity contribution in [3.8, 4) is 33.8 Å². The summed E-state index contributed by atoms with van der Waals surface area (Å²) in [6, 6.07) is 14.2. The van der Waals surface area contributed by atoms with Crippen LogP contribution in [0.15, 0.2) is 78.0 Å². The second-order valence-corrected chi connectivity index (χ2v) is 9.94. The zero-order chi connectivity index (χ0) is 25.5. The summed E-state index contributed by atoms with van der Waals surface area (Å²) in [5.41, 5.74) is 7.99. The van der Waals surface area contributed by atoms with Crippen molar-refractivity contribution >= 4 is 33.4 Å². The van der Waals surface area contributed by atoms with Crippen LogP contribution < -0.4 is 5.32 Å². The van der Waals surface area contributed by atoms with E-state index in [1.165, 1.54) is 6.42 Å². The Labute approximate surface area is 218 Å². The highest BCUT2D eigenvalue weighted by Gasteiger charge is 2.21. The van der Waals surface area contributed by atoms with Crippen molar-refractivity contribution in [2.45, 2.75) is 32.1 Å². The van der Waals surface area contributed by atoms with Crippen LogP contribution in [-0.4, -0.2) is 31.1 Å². The van der Waals surface area contributed by atoms with E-state index >= 15 is 0 Å². The minimum Gasteiger partial charge on any atom is -0.472 e. The Morgan fingerprint density at radius 1 is 0.947 bits per heavy atom. The maximum absolute atomic E-state index is 12.8. The third-order valence-corrected chi connectivity index (χ3v) is 7.48. The van der Waals surface area contributed by atoms with Crippen LogP contribution in [0, 0.1) is 5.92 Å². The topological polar surface area (TPSA) is 112 Å². The molecule has 7 rings (SSSR count). The average Bonchev–Trinajstić information content (AvgIpc) is 3.73. The second-order valence-electron chi connectivity index (χ2n) is 9.94. The number of hydrogen-bond acceptors (Lipinski definition) is 5. The van der Waals surface area contributed by atoms with Gasteiger partial charge in [0.1, 0.15) is 5.69 Å². The van der Waals surface area contributed by atoms with Crippen molar-refractivity contribution in [2.24, 2.45) is 5.92 Å². The Kier molecular flexibility index (Phi) is 5.50. The maximum atomic E-state index is 12.8. The molecular weight excluding hydrogens is 476 g/mol. The van der Waals surface area contributed by atoms with Crippen molar-refractivity contribution in [3.63, 3.8) is 0 Å². The summed E-state index contributed by atoms with van der Waals surface area (Å²) < 4.78 is 5.31. The van der Waals surface area contributed by atoms with Gasteiger partial charge in [-0.05, 0) is 48.7 Å². The van der Waals surface area contributed by atoms with Crippen molar-refractivity contribution in [3.05, 3.63) is 73.6 Å². The number of carbonyl (C=O) groups excluding carboxylic acids is 1. The molecule has 5 aromatic heterocycles. The van der Waals surface area contributed by atoms with Crippen molar-refractivity contribution in [1.82, 2.24) is 25.1 Å².